The van der Waals surface area contributed by atoms with E-state index in [1.54, 1.807) is 0 Å². The van der Waals surface area contributed by atoms with Crippen LogP contribution in [0.5, 0.6) is 0 Å². The van der Waals surface area contributed by atoms with E-state index in [-0.39, 0.29) is 10.6 Å². The third kappa shape index (κ3) is 3.92. The minimum atomic E-state index is 0.123. The molecule has 15 heavy (non-hydrogen) atoms. The number of hydrogen-bond donors (Lipinski definition) is 1. The highest BCUT2D eigenvalue weighted by molar-refractivity contribution is 6.69. The van der Waals surface area contributed by atoms with Gasteiger partial charge in [0.25, 0.3) is 0 Å². The molecule has 0 atom stereocenters. The predicted molar refractivity (Wildman–Crippen MR) is 63.8 cm³/mol. The molecule has 0 bridgehead atoms. The first-order valence-corrected chi connectivity index (χ1v) is 5.27. The first kappa shape index (κ1) is 12.1. The van der Waals surface area contributed by atoms with Gasteiger partial charge < -0.3 is 5.21 Å². The number of oxime groups is 1. The van der Waals surface area contributed by atoms with Crippen LogP contribution in [0.15, 0.2) is 29.4 Å². The van der Waals surface area contributed by atoms with E-state index >= 15 is 0 Å². The van der Waals surface area contributed by atoms with Crippen LogP contribution in [0, 0.1) is 5.41 Å². The molecule has 82 valence electrons. The SMILES string of the molecule is CC(C)(C)Cc1ccc(C(Cl)=NO)cc1. The normalized spacial score (nSPS) is 12.9. The molecule has 2 nitrogen and oxygen atoms in total. The standard InChI is InChI=1S/C12H16ClNO/c1-12(2,3)8-9-4-6-10(7-5-9)11(13)14-15/h4-7,15H,8H2,1-3H3. The summed E-state index contributed by atoms with van der Waals surface area (Å²) in [6.45, 7) is 6.59. The van der Waals surface area contributed by atoms with Crippen molar-refractivity contribution in [1.82, 2.24) is 0 Å². The second-order valence-electron chi connectivity index (χ2n) is 4.83. The maximum absolute atomic E-state index is 8.50. The molecule has 1 aromatic carbocycles. The summed E-state index contributed by atoms with van der Waals surface area (Å²) >= 11 is 5.68. The van der Waals surface area contributed by atoms with Gasteiger partial charge in [0.15, 0.2) is 5.17 Å². The molecule has 0 heterocycles. The molecule has 0 saturated heterocycles. The molecule has 3 heteroatoms. The molecule has 0 aliphatic heterocycles. The molecule has 0 radical (unpaired) electrons. The van der Waals surface area contributed by atoms with Crippen LogP contribution in [0.1, 0.15) is 31.9 Å². The van der Waals surface area contributed by atoms with Crippen molar-refractivity contribution in [2.75, 3.05) is 0 Å². The summed E-state index contributed by atoms with van der Waals surface area (Å²) in [5.74, 6) is 0. The van der Waals surface area contributed by atoms with Gasteiger partial charge in [-0.3, -0.25) is 0 Å². The van der Waals surface area contributed by atoms with Crippen LogP contribution in [0.25, 0.3) is 0 Å². The summed E-state index contributed by atoms with van der Waals surface area (Å²) < 4.78 is 0. The Morgan fingerprint density at radius 1 is 1.27 bits per heavy atom. The number of rotatable bonds is 2. The Morgan fingerprint density at radius 3 is 2.20 bits per heavy atom. The van der Waals surface area contributed by atoms with Crippen molar-refractivity contribution >= 4 is 16.8 Å². The van der Waals surface area contributed by atoms with E-state index in [1.165, 1.54) is 5.56 Å². The van der Waals surface area contributed by atoms with E-state index in [0.29, 0.717) is 0 Å². The van der Waals surface area contributed by atoms with Crippen molar-refractivity contribution in [2.24, 2.45) is 10.6 Å². The van der Waals surface area contributed by atoms with Crippen LogP contribution in [0.3, 0.4) is 0 Å². The molecule has 1 rings (SSSR count). The minimum absolute atomic E-state index is 0.123. The minimum Gasteiger partial charge on any atom is -0.410 e. The van der Waals surface area contributed by atoms with Crippen LogP contribution in [0.4, 0.5) is 0 Å². The molecule has 1 N–H and O–H groups in total. The average Bonchev–Trinajstić information content (AvgIpc) is 2.15. The number of halogens is 1. The summed E-state index contributed by atoms with van der Waals surface area (Å²) in [7, 11) is 0. The Morgan fingerprint density at radius 2 is 1.80 bits per heavy atom. The van der Waals surface area contributed by atoms with Gasteiger partial charge in [-0.1, -0.05) is 61.8 Å². The first-order valence-electron chi connectivity index (χ1n) is 4.89. The zero-order valence-corrected chi connectivity index (χ0v) is 10.0. The maximum Gasteiger partial charge on any atom is 0.175 e. The van der Waals surface area contributed by atoms with Gasteiger partial charge in [-0.25, -0.2) is 0 Å². The molecule has 0 aromatic heterocycles. The lowest BCUT2D eigenvalue weighted by Crippen LogP contribution is -2.09. The monoisotopic (exact) mass is 225 g/mol. The fourth-order valence-electron chi connectivity index (χ4n) is 1.43. The van der Waals surface area contributed by atoms with E-state index in [0.717, 1.165) is 12.0 Å². The Labute approximate surface area is 95.6 Å². The third-order valence-electron chi connectivity index (χ3n) is 2.01. The lowest BCUT2D eigenvalue weighted by molar-refractivity contribution is 0.321. The fourth-order valence-corrected chi connectivity index (χ4v) is 1.56. The van der Waals surface area contributed by atoms with Crippen LogP contribution >= 0.6 is 11.6 Å². The smallest absolute Gasteiger partial charge is 0.175 e. The van der Waals surface area contributed by atoms with Crippen molar-refractivity contribution in [3.63, 3.8) is 0 Å². The van der Waals surface area contributed by atoms with Crippen molar-refractivity contribution < 1.29 is 5.21 Å². The number of benzene rings is 1. The second kappa shape index (κ2) is 4.67. The largest absolute Gasteiger partial charge is 0.410 e. The molecule has 0 saturated carbocycles. The highest BCUT2D eigenvalue weighted by Gasteiger charge is 2.11. The summed E-state index contributed by atoms with van der Waals surface area (Å²) in [5.41, 5.74) is 2.27. The highest BCUT2D eigenvalue weighted by atomic mass is 35.5. The van der Waals surface area contributed by atoms with Gasteiger partial charge >= 0.3 is 0 Å². The zero-order chi connectivity index (χ0) is 11.5. The van der Waals surface area contributed by atoms with Crippen LogP contribution in [-0.4, -0.2) is 10.4 Å². The molecule has 0 aliphatic rings. The van der Waals surface area contributed by atoms with Gasteiger partial charge in [-0.2, -0.15) is 0 Å². The predicted octanol–water partition coefficient (Wildman–Crippen LogP) is 3.65. The van der Waals surface area contributed by atoms with Crippen LogP contribution < -0.4 is 0 Å². The maximum atomic E-state index is 8.50. The van der Waals surface area contributed by atoms with E-state index in [9.17, 15) is 0 Å². The quantitative estimate of drug-likeness (QED) is 0.465. The Balaban J connectivity index is 2.82. The molecule has 0 aliphatic carbocycles. The van der Waals surface area contributed by atoms with Gasteiger partial charge in [-0.05, 0) is 17.4 Å². The van der Waals surface area contributed by atoms with E-state index in [4.69, 9.17) is 16.8 Å². The number of nitrogens with zero attached hydrogens (tertiary/aromatic N) is 1. The van der Waals surface area contributed by atoms with E-state index in [2.05, 4.69) is 25.9 Å². The van der Waals surface area contributed by atoms with Gasteiger partial charge in [0.05, 0.1) is 0 Å². The summed E-state index contributed by atoms with van der Waals surface area (Å²) in [4.78, 5) is 0. The van der Waals surface area contributed by atoms with Crippen molar-refractivity contribution in [3.8, 4) is 0 Å². The molecule has 1 aromatic rings. The van der Waals surface area contributed by atoms with Crippen molar-refractivity contribution in [3.05, 3.63) is 35.4 Å². The van der Waals surface area contributed by atoms with Gasteiger partial charge in [0.2, 0.25) is 0 Å². The van der Waals surface area contributed by atoms with Gasteiger partial charge in [0, 0.05) is 5.56 Å². The lowest BCUT2D eigenvalue weighted by atomic mass is 9.88. The van der Waals surface area contributed by atoms with Crippen molar-refractivity contribution in [1.29, 1.82) is 0 Å². The van der Waals surface area contributed by atoms with Crippen LogP contribution in [0.2, 0.25) is 0 Å². The van der Waals surface area contributed by atoms with Gasteiger partial charge in [-0.15, -0.1) is 0 Å². The molecular formula is C12H16ClNO. The van der Waals surface area contributed by atoms with Crippen molar-refractivity contribution in [2.45, 2.75) is 27.2 Å². The molecule has 0 unspecified atom stereocenters. The fraction of sp³-hybridized carbons (Fsp3) is 0.417. The summed E-state index contributed by atoms with van der Waals surface area (Å²) in [6.07, 6.45) is 1.02. The van der Waals surface area contributed by atoms with E-state index < -0.39 is 0 Å². The summed E-state index contributed by atoms with van der Waals surface area (Å²) in [5, 5.41) is 11.6. The first-order chi connectivity index (χ1) is 6.92. The Hall–Kier alpha value is -1.02. The Bertz CT molecular complexity index is 349. The molecule has 0 amide bonds. The second-order valence-corrected chi connectivity index (χ2v) is 5.18. The highest BCUT2D eigenvalue weighted by Crippen LogP contribution is 2.20. The molecule has 0 spiro atoms. The summed E-state index contributed by atoms with van der Waals surface area (Å²) in [6, 6.07) is 7.74. The van der Waals surface area contributed by atoms with Gasteiger partial charge in [0.1, 0.15) is 0 Å². The van der Waals surface area contributed by atoms with E-state index in [1.807, 2.05) is 24.3 Å². The molecule has 0 fully saturated rings. The zero-order valence-electron chi connectivity index (χ0n) is 9.29. The lowest BCUT2D eigenvalue weighted by Gasteiger charge is -2.18. The third-order valence-corrected chi connectivity index (χ3v) is 2.31. The Kier molecular flexibility index (Phi) is 3.75. The molecular weight excluding hydrogens is 210 g/mol. The average molecular weight is 226 g/mol. The number of hydrogen-bond acceptors (Lipinski definition) is 2. The van der Waals surface area contributed by atoms with Crippen LogP contribution in [-0.2, 0) is 6.42 Å². The topological polar surface area (TPSA) is 32.6 Å².